The first-order valence-corrected chi connectivity index (χ1v) is 7.95. The Bertz CT molecular complexity index is 431. The summed E-state index contributed by atoms with van der Waals surface area (Å²) < 4.78 is 5.76. The highest BCUT2D eigenvalue weighted by Gasteiger charge is 2.23. The minimum absolute atomic E-state index is 0.410. The molecule has 2 fully saturated rings. The van der Waals surface area contributed by atoms with Crippen LogP contribution in [-0.2, 0) is 4.74 Å². The Hall–Kier alpha value is -1.29. The van der Waals surface area contributed by atoms with Crippen molar-refractivity contribution in [2.75, 3.05) is 29.9 Å². The fraction of sp³-hybridized carbons (Fsp3) is 0.688. The molecular formula is C16H25N3O. The van der Waals surface area contributed by atoms with Crippen LogP contribution in [-0.4, -0.2) is 36.8 Å². The molecule has 2 unspecified atom stereocenters. The van der Waals surface area contributed by atoms with Gasteiger partial charge in [-0.15, -0.1) is 0 Å². The molecule has 3 heterocycles. The number of nitrogens with one attached hydrogen (secondary N) is 1. The van der Waals surface area contributed by atoms with Crippen LogP contribution in [0.2, 0.25) is 0 Å². The number of nitrogens with zero attached hydrogens (tertiary/aromatic N) is 2. The molecule has 0 saturated carbocycles. The minimum Gasteiger partial charge on any atom is -0.379 e. The molecule has 0 spiro atoms. The summed E-state index contributed by atoms with van der Waals surface area (Å²) in [7, 11) is 0. The highest BCUT2D eigenvalue weighted by molar-refractivity contribution is 5.66. The Morgan fingerprint density at radius 1 is 1.40 bits per heavy atom. The molecular weight excluding hydrogens is 250 g/mol. The maximum atomic E-state index is 5.76. The third-order valence-corrected chi connectivity index (χ3v) is 4.37. The molecule has 4 heteroatoms. The third kappa shape index (κ3) is 3.06. The van der Waals surface area contributed by atoms with E-state index in [1.807, 2.05) is 12.3 Å². The zero-order valence-electron chi connectivity index (χ0n) is 12.3. The molecule has 2 aliphatic heterocycles. The second kappa shape index (κ2) is 6.44. The van der Waals surface area contributed by atoms with Crippen LogP contribution >= 0.6 is 0 Å². The van der Waals surface area contributed by atoms with Gasteiger partial charge >= 0.3 is 0 Å². The molecule has 110 valence electrons. The van der Waals surface area contributed by atoms with Crippen molar-refractivity contribution in [3.05, 3.63) is 18.3 Å². The number of pyridine rings is 1. The van der Waals surface area contributed by atoms with E-state index in [0.717, 1.165) is 44.8 Å². The summed E-state index contributed by atoms with van der Waals surface area (Å²) in [5.74, 6) is 1.13. The summed E-state index contributed by atoms with van der Waals surface area (Å²) in [5, 5.41) is 3.71. The molecule has 0 radical (unpaired) electrons. The largest absolute Gasteiger partial charge is 0.379 e. The van der Waals surface area contributed by atoms with E-state index in [-0.39, 0.29) is 0 Å². The first kappa shape index (κ1) is 13.7. The predicted molar refractivity (Wildman–Crippen MR) is 82.4 cm³/mol. The van der Waals surface area contributed by atoms with Crippen LogP contribution < -0.4 is 10.2 Å². The third-order valence-electron chi connectivity index (χ3n) is 4.37. The van der Waals surface area contributed by atoms with Gasteiger partial charge in [-0.1, -0.05) is 6.92 Å². The van der Waals surface area contributed by atoms with Gasteiger partial charge < -0.3 is 15.0 Å². The van der Waals surface area contributed by atoms with E-state index in [1.54, 1.807) is 0 Å². The van der Waals surface area contributed by atoms with Gasteiger partial charge in [-0.25, -0.2) is 4.98 Å². The van der Waals surface area contributed by atoms with Crippen LogP contribution in [0.25, 0.3) is 0 Å². The Morgan fingerprint density at radius 3 is 3.05 bits per heavy atom. The fourth-order valence-electron chi connectivity index (χ4n) is 3.21. The van der Waals surface area contributed by atoms with Gasteiger partial charge in [0.15, 0.2) is 5.82 Å². The van der Waals surface area contributed by atoms with Crippen molar-refractivity contribution in [1.82, 2.24) is 4.98 Å². The predicted octanol–water partition coefficient (Wildman–Crippen LogP) is 3.05. The van der Waals surface area contributed by atoms with Crippen LogP contribution in [0.15, 0.2) is 18.3 Å². The topological polar surface area (TPSA) is 37.4 Å². The summed E-state index contributed by atoms with van der Waals surface area (Å²) in [5.41, 5.74) is 1.19. The van der Waals surface area contributed by atoms with Crippen molar-refractivity contribution >= 4 is 11.5 Å². The molecule has 0 aromatic carbocycles. The van der Waals surface area contributed by atoms with Gasteiger partial charge in [-0.05, 0) is 44.2 Å². The normalized spacial score (nSPS) is 26.8. The molecule has 2 atom stereocenters. The van der Waals surface area contributed by atoms with Crippen LogP contribution in [0.4, 0.5) is 11.5 Å². The van der Waals surface area contributed by atoms with Crippen molar-refractivity contribution in [2.24, 2.45) is 0 Å². The van der Waals surface area contributed by atoms with Crippen molar-refractivity contribution in [1.29, 1.82) is 0 Å². The van der Waals surface area contributed by atoms with E-state index in [0.29, 0.717) is 12.1 Å². The summed E-state index contributed by atoms with van der Waals surface area (Å²) in [6, 6.07) is 4.70. The molecule has 2 aliphatic rings. The summed E-state index contributed by atoms with van der Waals surface area (Å²) in [6.07, 6.45) is 8.17. The smallest absolute Gasteiger partial charge is 0.151 e. The maximum Gasteiger partial charge on any atom is 0.151 e. The van der Waals surface area contributed by atoms with Crippen LogP contribution in [0, 0.1) is 0 Å². The molecule has 2 saturated heterocycles. The number of ether oxygens (including phenoxy) is 1. The second-order valence-corrected chi connectivity index (χ2v) is 5.84. The van der Waals surface area contributed by atoms with E-state index in [1.165, 1.54) is 18.5 Å². The van der Waals surface area contributed by atoms with Gasteiger partial charge in [0.1, 0.15) is 0 Å². The molecule has 0 bridgehead atoms. The first-order valence-electron chi connectivity index (χ1n) is 7.95. The monoisotopic (exact) mass is 275 g/mol. The van der Waals surface area contributed by atoms with Crippen LogP contribution in [0.3, 0.4) is 0 Å². The lowest BCUT2D eigenvalue weighted by Gasteiger charge is -2.31. The fourth-order valence-corrected chi connectivity index (χ4v) is 3.21. The summed E-state index contributed by atoms with van der Waals surface area (Å²) >= 11 is 0. The van der Waals surface area contributed by atoms with Gasteiger partial charge in [0.2, 0.25) is 0 Å². The molecule has 20 heavy (non-hydrogen) atoms. The zero-order valence-corrected chi connectivity index (χ0v) is 12.3. The number of hydrogen-bond acceptors (Lipinski definition) is 4. The average molecular weight is 275 g/mol. The highest BCUT2D eigenvalue weighted by Crippen LogP contribution is 2.28. The second-order valence-electron chi connectivity index (χ2n) is 5.84. The Kier molecular flexibility index (Phi) is 4.41. The standard InChI is InChI=1S/C16H25N3O/c1-2-14-12-13(7-11-20-14)18-15-6-5-8-17-16(15)19-9-3-4-10-19/h5-6,8,13-14,18H,2-4,7,9-12H2,1H3. The van der Waals surface area contributed by atoms with E-state index in [4.69, 9.17) is 4.74 Å². The quantitative estimate of drug-likeness (QED) is 0.916. The molecule has 1 N–H and O–H groups in total. The van der Waals surface area contributed by atoms with Crippen LogP contribution in [0.5, 0.6) is 0 Å². The SMILES string of the molecule is CCC1CC(Nc2cccnc2N2CCCC2)CCO1. The van der Waals surface area contributed by atoms with E-state index >= 15 is 0 Å². The minimum atomic E-state index is 0.410. The molecule has 0 amide bonds. The average Bonchev–Trinajstić information content (AvgIpc) is 3.02. The van der Waals surface area contributed by atoms with E-state index in [9.17, 15) is 0 Å². The lowest BCUT2D eigenvalue weighted by Crippen LogP contribution is -2.34. The molecule has 1 aromatic rings. The lowest BCUT2D eigenvalue weighted by atomic mass is 10.0. The Morgan fingerprint density at radius 2 is 2.25 bits per heavy atom. The number of hydrogen-bond donors (Lipinski definition) is 1. The first-order chi connectivity index (χ1) is 9.86. The number of aromatic nitrogens is 1. The van der Waals surface area contributed by atoms with Gasteiger partial charge in [-0.2, -0.15) is 0 Å². The number of anilines is 2. The maximum absolute atomic E-state index is 5.76. The molecule has 1 aromatic heterocycles. The number of rotatable bonds is 4. The zero-order chi connectivity index (χ0) is 13.8. The van der Waals surface area contributed by atoms with Gasteiger partial charge in [0, 0.05) is 31.9 Å². The molecule has 3 rings (SSSR count). The van der Waals surface area contributed by atoms with E-state index < -0.39 is 0 Å². The summed E-state index contributed by atoms with van der Waals surface area (Å²) in [4.78, 5) is 7.00. The van der Waals surface area contributed by atoms with Crippen LogP contribution in [0.1, 0.15) is 39.0 Å². The van der Waals surface area contributed by atoms with E-state index in [2.05, 4.69) is 28.2 Å². The Balaban J connectivity index is 1.70. The van der Waals surface area contributed by atoms with Crippen molar-refractivity contribution in [3.8, 4) is 0 Å². The van der Waals surface area contributed by atoms with Gasteiger partial charge in [0.25, 0.3) is 0 Å². The summed E-state index contributed by atoms with van der Waals surface area (Å²) in [6.45, 7) is 5.34. The Labute approximate surface area is 121 Å². The van der Waals surface area contributed by atoms with Crippen molar-refractivity contribution in [3.63, 3.8) is 0 Å². The van der Waals surface area contributed by atoms with Crippen molar-refractivity contribution < 1.29 is 4.74 Å². The van der Waals surface area contributed by atoms with Gasteiger partial charge in [-0.3, -0.25) is 0 Å². The molecule has 4 nitrogen and oxygen atoms in total. The van der Waals surface area contributed by atoms with Crippen molar-refractivity contribution in [2.45, 2.75) is 51.2 Å². The highest BCUT2D eigenvalue weighted by atomic mass is 16.5. The molecule has 0 aliphatic carbocycles. The lowest BCUT2D eigenvalue weighted by molar-refractivity contribution is 0.00926. The van der Waals surface area contributed by atoms with Gasteiger partial charge in [0.05, 0.1) is 11.8 Å².